The van der Waals surface area contributed by atoms with E-state index in [4.69, 9.17) is 18.9 Å². The smallest absolute Gasteiger partial charge is 0.339 e. The van der Waals surface area contributed by atoms with E-state index < -0.39 is 30.4 Å². The van der Waals surface area contributed by atoms with Gasteiger partial charge in [-0.25, -0.2) is 4.79 Å². The first-order chi connectivity index (χ1) is 16.1. The number of hydrogen-bond donors (Lipinski definition) is 1. The molecule has 168 valence electrons. The number of aliphatic hydroxyl groups is 1. The van der Waals surface area contributed by atoms with Crippen LogP contribution in [0, 0.1) is 11.8 Å². The standard InChI is InChI=1S/C27H24O6/c1-30-21-13-9-19(10-14-21)24-25(20-11-15-22(31-2)16-12-20)33-27(29)26(32-24)23(28)17-8-18-6-4-3-5-7-18/h3-7,9-16,23-26,28H,1-2H3/t23-,24-,25-,26-/m0/s1. The number of carbonyl (C=O) groups is 1. The molecule has 3 aromatic carbocycles. The number of carbonyl (C=O) groups excluding carboxylic acids is 1. The Morgan fingerprint density at radius 1 is 0.818 bits per heavy atom. The van der Waals surface area contributed by atoms with Crippen molar-refractivity contribution in [3.8, 4) is 23.3 Å². The molecule has 1 heterocycles. The predicted octanol–water partition coefficient (Wildman–Crippen LogP) is 3.84. The summed E-state index contributed by atoms with van der Waals surface area (Å²) in [5, 5.41) is 10.6. The zero-order valence-corrected chi connectivity index (χ0v) is 18.3. The van der Waals surface area contributed by atoms with Crippen LogP contribution in [0.5, 0.6) is 11.5 Å². The van der Waals surface area contributed by atoms with Gasteiger partial charge < -0.3 is 24.1 Å². The van der Waals surface area contributed by atoms with E-state index in [0.29, 0.717) is 11.5 Å². The second kappa shape index (κ2) is 10.2. The van der Waals surface area contributed by atoms with Gasteiger partial charge in [0.2, 0.25) is 0 Å². The van der Waals surface area contributed by atoms with Gasteiger partial charge in [-0.1, -0.05) is 54.3 Å². The van der Waals surface area contributed by atoms with Crippen LogP contribution in [0.2, 0.25) is 0 Å². The number of benzene rings is 3. The number of ether oxygens (including phenoxy) is 4. The lowest BCUT2D eigenvalue weighted by molar-refractivity contribution is -0.212. The van der Waals surface area contributed by atoms with Gasteiger partial charge in [0.05, 0.1) is 14.2 Å². The number of esters is 1. The van der Waals surface area contributed by atoms with Gasteiger partial charge in [-0.05, 0) is 47.5 Å². The molecule has 4 rings (SSSR count). The van der Waals surface area contributed by atoms with E-state index >= 15 is 0 Å². The fourth-order valence-corrected chi connectivity index (χ4v) is 3.58. The monoisotopic (exact) mass is 444 g/mol. The van der Waals surface area contributed by atoms with Gasteiger partial charge in [-0.2, -0.15) is 0 Å². The van der Waals surface area contributed by atoms with Crippen LogP contribution in [-0.4, -0.2) is 37.5 Å². The molecule has 0 saturated carbocycles. The Bertz CT molecular complexity index is 1130. The number of methoxy groups -OCH3 is 2. The molecule has 6 heteroatoms. The highest BCUT2D eigenvalue weighted by molar-refractivity contribution is 5.77. The quantitative estimate of drug-likeness (QED) is 0.476. The molecule has 0 amide bonds. The van der Waals surface area contributed by atoms with Crippen molar-refractivity contribution in [2.75, 3.05) is 14.2 Å². The number of rotatable bonds is 5. The average Bonchev–Trinajstić information content (AvgIpc) is 2.88. The summed E-state index contributed by atoms with van der Waals surface area (Å²) >= 11 is 0. The average molecular weight is 444 g/mol. The maximum atomic E-state index is 12.8. The lowest BCUT2D eigenvalue weighted by Gasteiger charge is -2.37. The molecule has 0 aliphatic carbocycles. The van der Waals surface area contributed by atoms with E-state index in [-0.39, 0.29) is 0 Å². The van der Waals surface area contributed by atoms with Crippen LogP contribution in [0.15, 0.2) is 78.9 Å². The third-order valence-corrected chi connectivity index (χ3v) is 5.36. The second-order valence-corrected chi connectivity index (χ2v) is 7.46. The van der Waals surface area contributed by atoms with Gasteiger partial charge in [0, 0.05) is 5.56 Å². The predicted molar refractivity (Wildman–Crippen MR) is 122 cm³/mol. The van der Waals surface area contributed by atoms with Crippen LogP contribution in [0.1, 0.15) is 28.9 Å². The van der Waals surface area contributed by atoms with Crippen molar-refractivity contribution in [1.82, 2.24) is 0 Å². The molecule has 0 unspecified atom stereocenters. The maximum absolute atomic E-state index is 12.8. The Labute approximate surface area is 192 Å². The van der Waals surface area contributed by atoms with Crippen molar-refractivity contribution < 1.29 is 28.8 Å². The van der Waals surface area contributed by atoms with Crippen LogP contribution in [-0.2, 0) is 14.3 Å². The molecule has 4 atom stereocenters. The molecule has 1 fully saturated rings. The first-order valence-electron chi connectivity index (χ1n) is 10.5. The van der Waals surface area contributed by atoms with Crippen LogP contribution >= 0.6 is 0 Å². The fraction of sp³-hybridized carbons (Fsp3) is 0.222. The Morgan fingerprint density at radius 3 is 1.91 bits per heavy atom. The highest BCUT2D eigenvalue weighted by Gasteiger charge is 2.43. The zero-order chi connectivity index (χ0) is 23.2. The van der Waals surface area contributed by atoms with Gasteiger partial charge in [0.1, 0.15) is 17.6 Å². The molecule has 3 aromatic rings. The number of cyclic esters (lactones) is 1. The summed E-state index contributed by atoms with van der Waals surface area (Å²) < 4.78 is 22.4. The zero-order valence-electron chi connectivity index (χ0n) is 18.3. The maximum Gasteiger partial charge on any atom is 0.339 e. The summed E-state index contributed by atoms with van der Waals surface area (Å²) in [6.07, 6.45) is -3.96. The van der Waals surface area contributed by atoms with Crippen molar-refractivity contribution in [2.24, 2.45) is 0 Å². The van der Waals surface area contributed by atoms with E-state index in [2.05, 4.69) is 11.8 Å². The molecule has 0 bridgehead atoms. The minimum atomic E-state index is -1.35. The summed E-state index contributed by atoms with van der Waals surface area (Å²) in [5.41, 5.74) is 2.24. The Balaban J connectivity index is 1.63. The molecule has 1 aliphatic rings. The molecule has 1 aliphatic heterocycles. The van der Waals surface area contributed by atoms with E-state index in [9.17, 15) is 9.90 Å². The molecule has 6 nitrogen and oxygen atoms in total. The molecular formula is C27H24O6. The third kappa shape index (κ3) is 5.17. The third-order valence-electron chi connectivity index (χ3n) is 5.36. The molecule has 33 heavy (non-hydrogen) atoms. The van der Waals surface area contributed by atoms with E-state index in [1.54, 1.807) is 38.5 Å². The van der Waals surface area contributed by atoms with Crippen molar-refractivity contribution >= 4 is 5.97 Å². The Morgan fingerprint density at radius 2 is 1.36 bits per heavy atom. The van der Waals surface area contributed by atoms with Crippen LogP contribution < -0.4 is 9.47 Å². The SMILES string of the molecule is COc1ccc([C@@H]2OC(=O)[C@H]([C@@H](O)C#Cc3ccccc3)O[C@H]2c2ccc(OC)cc2)cc1. The normalized spacial score (nSPS) is 20.7. The van der Waals surface area contributed by atoms with Crippen molar-refractivity contribution in [2.45, 2.75) is 24.4 Å². The van der Waals surface area contributed by atoms with Crippen molar-refractivity contribution in [3.63, 3.8) is 0 Å². The minimum Gasteiger partial charge on any atom is -0.497 e. The van der Waals surface area contributed by atoms with Crippen LogP contribution in [0.3, 0.4) is 0 Å². The fourth-order valence-electron chi connectivity index (χ4n) is 3.58. The van der Waals surface area contributed by atoms with Gasteiger partial charge in [0.25, 0.3) is 0 Å². The van der Waals surface area contributed by atoms with Crippen molar-refractivity contribution in [3.05, 3.63) is 95.6 Å². The lowest BCUT2D eigenvalue weighted by atomic mass is 9.95. The highest BCUT2D eigenvalue weighted by Crippen LogP contribution is 2.41. The minimum absolute atomic E-state index is 0.653. The molecule has 1 N–H and O–H groups in total. The summed E-state index contributed by atoms with van der Waals surface area (Å²) in [7, 11) is 3.17. The van der Waals surface area contributed by atoms with Crippen LogP contribution in [0.4, 0.5) is 0 Å². The Hall–Kier alpha value is -3.79. The summed E-state index contributed by atoms with van der Waals surface area (Å²) in [4.78, 5) is 12.8. The summed E-state index contributed by atoms with van der Waals surface area (Å²) in [6, 6.07) is 23.7. The van der Waals surface area contributed by atoms with Crippen molar-refractivity contribution in [1.29, 1.82) is 0 Å². The lowest BCUT2D eigenvalue weighted by Crippen LogP contribution is -2.44. The summed E-state index contributed by atoms with van der Waals surface area (Å²) in [6.45, 7) is 0. The first kappa shape index (κ1) is 22.4. The number of aliphatic hydroxyl groups excluding tert-OH is 1. The Kier molecular flexibility index (Phi) is 6.94. The van der Waals surface area contributed by atoms with Crippen LogP contribution in [0.25, 0.3) is 0 Å². The topological polar surface area (TPSA) is 74.2 Å². The molecular weight excluding hydrogens is 420 g/mol. The summed E-state index contributed by atoms with van der Waals surface area (Å²) in [5.74, 6) is 6.28. The molecule has 1 saturated heterocycles. The first-order valence-corrected chi connectivity index (χ1v) is 10.5. The van der Waals surface area contributed by atoms with E-state index in [1.807, 2.05) is 54.6 Å². The molecule has 0 radical (unpaired) electrons. The van der Waals surface area contributed by atoms with Gasteiger partial charge in [-0.15, -0.1) is 0 Å². The molecule has 0 aromatic heterocycles. The largest absolute Gasteiger partial charge is 0.497 e. The van der Waals surface area contributed by atoms with Gasteiger partial charge >= 0.3 is 5.97 Å². The second-order valence-electron chi connectivity index (χ2n) is 7.46. The van der Waals surface area contributed by atoms with Gasteiger partial charge in [-0.3, -0.25) is 0 Å². The van der Waals surface area contributed by atoms with E-state index in [0.717, 1.165) is 16.7 Å². The van der Waals surface area contributed by atoms with E-state index in [1.165, 1.54) is 0 Å². The number of hydrogen-bond acceptors (Lipinski definition) is 6. The van der Waals surface area contributed by atoms with Gasteiger partial charge in [0.15, 0.2) is 18.3 Å². The highest BCUT2D eigenvalue weighted by atomic mass is 16.6. The molecule has 0 spiro atoms.